The van der Waals surface area contributed by atoms with Crippen LogP contribution in [0.2, 0.25) is 0 Å². The van der Waals surface area contributed by atoms with Crippen LogP contribution >= 0.6 is 15.9 Å². The second-order valence-corrected chi connectivity index (χ2v) is 5.84. The van der Waals surface area contributed by atoms with Crippen molar-refractivity contribution < 1.29 is 0 Å². The van der Waals surface area contributed by atoms with Crippen molar-refractivity contribution in [3.63, 3.8) is 0 Å². The third-order valence-electron chi connectivity index (χ3n) is 3.26. The molecule has 0 saturated heterocycles. The SMILES string of the molecule is CC(C)N(C)CCCCNc1cccc(Br)c1C#N. The van der Waals surface area contributed by atoms with Crippen molar-refractivity contribution in [3.05, 3.63) is 28.2 Å². The van der Waals surface area contributed by atoms with Crippen molar-refractivity contribution in [1.82, 2.24) is 4.90 Å². The topological polar surface area (TPSA) is 39.1 Å². The van der Waals surface area contributed by atoms with Crippen LogP contribution < -0.4 is 5.32 Å². The smallest absolute Gasteiger partial charge is 0.103 e. The fraction of sp³-hybridized carbons (Fsp3) is 0.533. The number of nitrogens with zero attached hydrogens (tertiary/aromatic N) is 2. The van der Waals surface area contributed by atoms with Crippen LogP contribution in [0.4, 0.5) is 5.69 Å². The second kappa shape index (κ2) is 8.19. The van der Waals surface area contributed by atoms with Gasteiger partial charge in [-0.1, -0.05) is 6.07 Å². The van der Waals surface area contributed by atoms with Gasteiger partial charge in [-0.15, -0.1) is 0 Å². The number of unbranched alkanes of at least 4 members (excludes halogenated alkanes) is 1. The van der Waals surface area contributed by atoms with Crippen LogP contribution in [-0.4, -0.2) is 31.1 Å². The van der Waals surface area contributed by atoms with Gasteiger partial charge in [0.2, 0.25) is 0 Å². The number of nitriles is 1. The van der Waals surface area contributed by atoms with E-state index >= 15 is 0 Å². The van der Waals surface area contributed by atoms with Gasteiger partial charge in [-0.25, -0.2) is 0 Å². The number of hydrogen-bond acceptors (Lipinski definition) is 3. The Kier molecular flexibility index (Phi) is 6.90. The second-order valence-electron chi connectivity index (χ2n) is 4.98. The molecule has 1 aromatic rings. The van der Waals surface area contributed by atoms with E-state index in [9.17, 15) is 0 Å². The lowest BCUT2D eigenvalue weighted by atomic mass is 10.2. The van der Waals surface area contributed by atoms with Crippen LogP contribution in [0.1, 0.15) is 32.3 Å². The lowest BCUT2D eigenvalue weighted by Crippen LogP contribution is -2.27. The van der Waals surface area contributed by atoms with E-state index in [2.05, 4.69) is 53.1 Å². The van der Waals surface area contributed by atoms with Gasteiger partial charge in [-0.2, -0.15) is 5.26 Å². The largest absolute Gasteiger partial charge is 0.384 e. The van der Waals surface area contributed by atoms with Crippen LogP contribution in [0.3, 0.4) is 0 Å². The molecule has 0 aliphatic heterocycles. The van der Waals surface area contributed by atoms with E-state index in [1.165, 1.54) is 0 Å². The number of halogens is 1. The molecule has 0 fully saturated rings. The summed E-state index contributed by atoms with van der Waals surface area (Å²) >= 11 is 3.40. The lowest BCUT2D eigenvalue weighted by molar-refractivity contribution is 0.269. The third kappa shape index (κ3) is 5.22. The highest BCUT2D eigenvalue weighted by atomic mass is 79.9. The van der Waals surface area contributed by atoms with Crippen LogP contribution in [-0.2, 0) is 0 Å². The Balaban J connectivity index is 2.35. The van der Waals surface area contributed by atoms with Gasteiger partial charge in [0.15, 0.2) is 0 Å². The van der Waals surface area contributed by atoms with Crippen LogP contribution in [0.25, 0.3) is 0 Å². The van der Waals surface area contributed by atoms with Gasteiger partial charge in [0.1, 0.15) is 6.07 Å². The molecule has 0 saturated carbocycles. The van der Waals surface area contributed by atoms with Gasteiger partial charge in [0, 0.05) is 17.1 Å². The zero-order chi connectivity index (χ0) is 14.3. The predicted octanol–water partition coefficient (Wildman–Crippen LogP) is 3.85. The highest BCUT2D eigenvalue weighted by molar-refractivity contribution is 9.10. The summed E-state index contributed by atoms with van der Waals surface area (Å²) in [6, 6.07) is 8.60. The molecule has 0 amide bonds. The summed E-state index contributed by atoms with van der Waals surface area (Å²) < 4.78 is 0.847. The van der Waals surface area contributed by atoms with E-state index < -0.39 is 0 Å². The van der Waals surface area contributed by atoms with Crippen molar-refractivity contribution in [2.45, 2.75) is 32.7 Å². The lowest BCUT2D eigenvalue weighted by Gasteiger charge is -2.20. The van der Waals surface area contributed by atoms with Gasteiger partial charge >= 0.3 is 0 Å². The zero-order valence-electron chi connectivity index (χ0n) is 11.9. The molecule has 0 unspecified atom stereocenters. The first-order valence-corrected chi connectivity index (χ1v) is 7.48. The summed E-state index contributed by atoms with van der Waals surface area (Å²) in [5.41, 5.74) is 1.59. The van der Waals surface area contributed by atoms with E-state index in [0.717, 1.165) is 36.1 Å². The minimum Gasteiger partial charge on any atom is -0.384 e. The molecular weight excluding hydrogens is 302 g/mol. The first-order valence-electron chi connectivity index (χ1n) is 6.69. The molecule has 3 nitrogen and oxygen atoms in total. The maximum Gasteiger partial charge on any atom is 0.103 e. The third-order valence-corrected chi connectivity index (χ3v) is 3.92. The number of hydrogen-bond donors (Lipinski definition) is 1. The molecule has 0 heterocycles. The molecule has 0 aliphatic rings. The van der Waals surface area contributed by atoms with E-state index in [0.29, 0.717) is 11.6 Å². The van der Waals surface area contributed by atoms with Crippen molar-refractivity contribution in [1.29, 1.82) is 5.26 Å². The first-order chi connectivity index (χ1) is 9.06. The molecule has 1 N–H and O–H groups in total. The van der Waals surface area contributed by atoms with Crippen molar-refractivity contribution in [2.75, 3.05) is 25.5 Å². The molecule has 4 heteroatoms. The minimum atomic E-state index is 0.600. The Morgan fingerprint density at radius 2 is 2.11 bits per heavy atom. The van der Waals surface area contributed by atoms with Crippen molar-refractivity contribution >= 4 is 21.6 Å². The van der Waals surface area contributed by atoms with Gasteiger partial charge in [0.05, 0.1) is 11.3 Å². The van der Waals surface area contributed by atoms with Gasteiger partial charge in [0.25, 0.3) is 0 Å². The average molecular weight is 324 g/mol. The predicted molar refractivity (Wildman–Crippen MR) is 84.3 cm³/mol. The molecule has 0 radical (unpaired) electrons. The standard InChI is InChI=1S/C15H22BrN3/c1-12(2)19(3)10-5-4-9-18-15-8-6-7-14(16)13(15)11-17/h6-8,12,18H,4-5,9-10H2,1-3H3. The average Bonchev–Trinajstić information content (AvgIpc) is 2.38. The van der Waals surface area contributed by atoms with E-state index in [1.807, 2.05) is 18.2 Å². The normalized spacial score (nSPS) is 10.8. The van der Waals surface area contributed by atoms with Crippen molar-refractivity contribution in [2.24, 2.45) is 0 Å². The summed E-state index contributed by atoms with van der Waals surface area (Å²) in [5.74, 6) is 0. The number of benzene rings is 1. The molecule has 0 aliphatic carbocycles. The first kappa shape index (κ1) is 16.0. The Hall–Kier alpha value is -1.05. The quantitative estimate of drug-likeness (QED) is 0.774. The zero-order valence-corrected chi connectivity index (χ0v) is 13.5. The van der Waals surface area contributed by atoms with E-state index in [1.54, 1.807) is 0 Å². The van der Waals surface area contributed by atoms with Crippen LogP contribution in [0, 0.1) is 11.3 Å². The van der Waals surface area contributed by atoms with E-state index in [4.69, 9.17) is 5.26 Å². The summed E-state index contributed by atoms with van der Waals surface area (Å²) in [6.45, 7) is 6.43. The Bertz CT molecular complexity index is 438. The molecule has 19 heavy (non-hydrogen) atoms. The highest BCUT2D eigenvalue weighted by Crippen LogP contribution is 2.23. The number of rotatable bonds is 7. The molecule has 0 atom stereocenters. The Morgan fingerprint density at radius 3 is 2.74 bits per heavy atom. The molecule has 0 aromatic heterocycles. The van der Waals surface area contributed by atoms with Gasteiger partial charge < -0.3 is 10.2 Å². The number of nitrogens with one attached hydrogen (secondary N) is 1. The summed E-state index contributed by atoms with van der Waals surface area (Å²) in [6.07, 6.45) is 2.27. The van der Waals surface area contributed by atoms with Gasteiger partial charge in [-0.3, -0.25) is 0 Å². The molecule has 104 valence electrons. The maximum atomic E-state index is 9.11. The van der Waals surface area contributed by atoms with E-state index in [-0.39, 0.29) is 0 Å². The van der Waals surface area contributed by atoms with Crippen LogP contribution in [0.15, 0.2) is 22.7 Å². The van der Waals surface area contributed by atoms with Crippen molar-refractivity contribution in [3.8, 4) is 6.07 Å². The fourth-order valence-electron chi connectivity index (χ4n) is 1.75. The highest BCUT2D eigenvalue weighted by Gasteiger charge is 2.05. The monoisotopic (exact) mass is 323 g/mol. The summed E-state index contributed by atoms with van der Waals surface area (Å²) in [4.78, 5) is 2.35. The molecular formula is C15H22BrN3. The van der Waals surface area contributed by atoms with Crippen LogP contribution in [0.5, 0.6) is 0 Å². The molecule has 0 bridgehead atoms. The molecule has 1 aromatic carbocycles. The van der Waals surface area contributed by atoms with Gasteiger partial charge in [-0.05, 0) is 68.3 Å². The Morgan fingerprint density at radius 1 is 1.37 bits per heavy atom. The summed E-state index contributed by atoms with van der Waals surface area (Å²) in [5, 5.41) is 12.4. The Labute approximate surface area is 124 Å². The molecule has 0 spiro atoms. The number of anilines is 1. The maximum absolute atomic E-state index is 9.11. The fourth-order valence-corrected chi connectivity index (χ4v) is 2.21. The molecule has 1 rings (SSSR count). The minimum absolute atomic E-state index is 0.600. The summed E-state index contributed by atoms with van der Waals surface area (Å²) in [7, 11) is 2.15.